The van der Waals surface area contributed by atoms with Crippen molar-refractivity contribution >= 4 is 11.6 Å². The van der Waals surface area contributed by atoms with Gasteiger partial charge in [0.05, 0.1) is 12.5 Å². The number of hydrogen-bond acceptors (Lipinski definition) is 8. The van der Waals surface area contributed by atoms with Crippen molar-refractivity contribution < 1.29 is 39.5 Å². The Bertz CT molecular complexity index is 889. The topological polar surface area (TPSA) is 134 Å². The Hall–Kier alpha value is -2.42. The number of ether oxygens (including phenoxy) is 2. The predicted molar refractivity (Wildman–Crippen MR) is 83.3 cm³/mol. The molecule has 2 fully saturated rings. The van der Waals surface area contributed by atoms with E-state index in [1.54, 1.807) is 12.5 Å². The van der Waals surface area contributed by atoms with Crippen molar-refractivity contribution in [2.75, 3.05) is 6.61 Å². The van der Waals surface area contributed by atoms with Gasteiger partial charge in [0, 0.05) is 18.1 Å². The third-order valence-electron chi connectivity index (χ3n) is 5.64. The number of Topliss-reactive ketones (excluding diaryl/α,β-unsaturated/α-hetero) is 2. The number of aliphatic hydroxyl groups excluding tert-OH is 1. The number of aromatic hydroxyl groups is 2. The van der Waals surface area contributed by atoms with Crippen LogP contribution in [0.5, 0.6) is 17.2 Å². The van der Waals surface area contributed by atoms with E-state index in [0.29, 0.717) is 5.57 Å². The fourth-order valence-electron chi connectivity index (χ4n) is 4.53. The molecule has 1 radical (unpaired) electrons. The van der Waals surface area contributed by atoms with Crippen LogP contribution in [0.1, 0.15) is 10.4 Å². The normalized spacial score (nSPS) is 40.2. The molecule has 1 saturated heterocycles. The lowest BCUT2D eigenvalue weighted by molar-refractivity contribution is -0.203. The third kappa shape index (κ3) is 1.78. The van der Waals surface area contributed by atoms with Gasteiger partial charge in [0.2, 0.25) is 11.6 Å². The Morgan fingerprint density at radius 1 is 1.19 bits per heavy atom. The molecule has 4 bridgehead atoms. The first-order chi connectivity index (χ1) is 12.3. The second kappa shape index (κ2) is 4.85. The molecule has 8 heteroatoms. The lowest BCUT2D eigenvalue weighted by atomic mass is 9.61. The number of carbonyl (C=O) groups is 2. The first-order valence-corrected chi connectivity index (χ1v) is 8.23. The summed E-state index contributed by atoms with van der Waals surface area (Å²) in [4.78, 5) is 24.9. The summed E-state index contributed by atoms with van der Waals surface area (Å²) in [6.45, 7) is 0.162. The average Bonchev–Trinajstić information content (AvgIpc) is 2.89. The van der Waals surface area contributed by atoms with E-state index in [2.05, 4.69) is 0 Å². The Morgan fingerprint density at radius 3 is 2.73 bits per heavy atom. The van der Waals surface area contributed by atoms with Crippen LogP contribution in [0.4, 0.5) is 0 Å². The largest absolute Gasteiger partial charge is 0.508 e. The highest BCUT2D eigenvalue weighted by Gasteiger charge is 2.65. The van der Waals surface area contributed by atoms with Crippen LogP contribution in [0, 0.1) is 24.2 Å². The van der Waals surface area contributed by atoms with Crippen molar-refractivity contribution in [2.24, 2.45) is 17.8 Å². The average molecular weight is 359 g/mol. The number of ketones is 2. The van der Waals surface area contributed by atoms with Crippen LogP contribution in [0.15, 0.2) is 23.8 Å². The van der Waals surface area contributed by atoms with Crippen molar-refractivity contribution in [1.29, 1.82) is 0 Å². The van der Waals surface area contributed by atoms with E-state index in [-0.39, 0.29) is 29.6 Å². The maximum Gasteiger partial charge on any atom is 0.234 e. The zero-order chi connectivity index (χ0) is 18.4. The van der Waals surface area contributed by atoms with Gasteiger partial charge in [0.15, 0.2) is 18.0 Å². The highest BCUT2D eigenvalue weighted by molar-refractivity contribution is 6.06. The number of allylic oxidation sites excluding steroid dienone is 1. The molecule has 5 aliphatic rings. The zero-order valence-corrected chi connectivity index (χ0v) is 13.3. The summed E-state index contributed by atoms with van der Waals surface area (Å²) < 4.78 is 11.1. The number of carbonyl (C=O) groups excluding carboxylic acids is 2. The smallest absolute Gasteiger partial charge is 0.234 e. The summed E-state index contributed by atoms with van der Waals surface area (Å²) in [6, 6.07) is 2.16. The molecule has 26 heavy (non-hydrogen) atoms. The Balaban J connectivity index is 1.61. The van der Waals surface area contributed by atoms with Crippen molar-refractivity contribution in [2.45, 2.75) is 18.0 Å². The van der Waals surface area contributed by atoms with Crippen LogP contribution >= 0.6 is 0 Å². The van der Waals surface area contributed by atoms with E-state index >= 15 is 0 Å². The number of aliphatic hydroxyl groups is 2. The molecule has 0 amide bonds. The molecule has 1 saturated carbocycles. The lowest BCUT2D eigenvalue weighted by Gasteiger charge is -2.46. The number of phenolic OH excluding ortho intramolecular Hbond substituents is 2. The highest BCUT2D eigenvalue weighted by atomic mass is 16.6. The van der Waals surface area contributed by atoms with Gasteiger partial charge in [-0.05, 0) is 17.9 Å². The highest BCUT2D eigenvalue weighted by Crippen LogP contribution is 2.55. The number of hydrogen-bond donors (Lipinski definition) is 4. The van der Waals surface area contributed by atoms with E-state index in [1.807, 2.05) is 0 Å². The van der Waals surface area contributed by atoms with Gasteiger partial charge in [0.1, 0.15) is 22.8 Å². The molecule has 3 aliphatic carbocycles. The molecule has 6 atom stereocenters. The van der Waals surface area contributed by atoms with Gasteiger partial charge < -0.3 is 29.9 Å². The summed E-state index contributed by atoms with van der Waals surface area (Å²) in [5.74, 6) is -5.73. The summed E-state index contributed by atoms with van der Waals surface area (Å²) >= 11 is 0. The minimum absolute atomic E-state index is 0.0688. The number of rotatable bonds is 1. The van der Waals surface area contributed by atoms with Crippen molar-refractivity contribution in [3.8, 4) is 17.2 Å². The van der Waals surface area contributed by atoms with E-state index in [1.165, 1.54) is 6.07 Å². The lowest BCUT2D eigenvalue weighted by Crippen LogP contribution is -2.59. The van der Waals surface area contributed by atoms with Crippen molar-refractivity contribution in [3.05, 3.63) is 35.8 Å². The van der Waals surface area contributed by atoms with E-state index < -0.39 is 47.1 Å². The zero-order valence-electron chi connectivity index (χ0n) is 13.3. The van der Waals surface area contributed by atoms with Crippen LogP contribution < -0.4 is 4.74 Å². The van der Waals surface area contributed by atoms with Gasteiger partial charge in [-0.2, -0.15) is 0 Å². The van der Waals surface area contributed by atoms with E-state index in [0.717, 1.165) is 6.07 Å². The number of phenols is 2. The SMILES string of the molecule is O=C1c2c(O)cc(O)cc2OC(C2=CC3[CH]C4COC(O)(C3=O)C24)C1O. The van der Waals surface area contributed by atoms with Gasteiger partial charge in [0.25, 0.3) is 0 Å². The van der Waals surface area contributed by atoms with Crippen LogP contribution in [0.3, 0.4) is 0 Å². The summed E-state index contributed by atoms with van der Waals surface area (Å²) in [5, 5.41) is 40.7. The third-order valence-corrected chi connectivity index (χ3v) is 5.64. The Labute approximate surface area is 147 Å². The number of benzene rings is 1. The van der Waals surface area contributed by atoms with Crippen LogP contribution in [0.2, 0.25) is 0 Å². The Morgan fingerprint density at radius 2 is 1.96 bits per heavy atom. The van der Waals surface area contributed by atoms with Gasteiger partial charge in [-0.15, -0.1) is 0 Å². The molecule has 0 aromatic heterocycles. The maximum absolute atomic E-state index is 12.6. The van der Waals surface area contributed by atoms with Crippen molar-refractivity contribution in [3.63, 3.8) is 0 Å². The summed E-state index contributed by atoms with van der Waals surface area (Å²) in [7, 11) is 0. The molecule has 0 spiro atoms. The van der Waals surface area contributed by atoms with Crippen LogP contribution in [-0.2, 0) is 9.53 Å². The number of fused-ring (bicyclic) bond motifs is 1. The molecule has 8 nitrogen and oxygen atoms in total. The van der Waals surface area contributed by atoms with Crippen LogP contribution in [-0.4, -0.2) is 56.6 Å². The molecule has 1 aromatic carbocycles. The monoisotopic (exact) mass is 359 g/mol. The van der Waals surface area contributed by atoms with E-state index in [4.69, 9.17) is 9.47 Å². The molecular formula is C18H15O8. The van der Waals surface area contributed by atoms with Gasteiger partial charge >= 0.3 is 0 Å². The fraction of sp³-hybridized carbons (Fsp3) is 0.389. The molecule has 6 rings (SSSR count). The minimum atomic E-state index is -1.98. The van der Waals surface area contributed by atoms with E-state index in [9.17, 15) is 30.0 Å². The summed E-state index contributed by atoms with van der Waals surface area (Å²) in [6.07, 6.45) is 0.602. The van der Waals surface area contributed by atoms with Gasteiger partial charge in [-0.25, -0.2) is 0 Å². The molecule has 4 N–H and O–H groups in total. The van der Waals surface area contributed by atoms with Gasteiger partial charge in [-0.3, -0.25) is 9.59 Å². The maximum atomic E-state index is 12.6. The Kier molecular flexibility index (Phi) is 2.95. The molecule has 6 unspecified atom stereocenters. The molecular weight excluding hydrogens is 344 g/mol. The second-order valence-corrected chi connectivity index (χ2v) is 7.08. The molecule has 2 heterocycles. The molecule has 2 aliphatic heterocycles. The van der Waals surface area contributed by atoms with Crippen LogP contribution in [0.25, 0.3) is 0 Å². The quantitative estimate of drug-likeness (QED) is 0.502. The predicted octanol–water partition coefficient (Wildman–Crippen LogP) is -0.303. The minimum Gasteiger partial charge on any atom is -0.508 e. The molecule has 135 valence electrons. The summed E-state index contributed by atoms with van der Waals surface area (Å²) in [5.41, 5.74) is 0.199. The standard InChI is InChI=1S/C18H15O8/c19-8-3-10(20)12-11(4-8)26-16(15(22)14(12)21)9-2-6-1-7-5-25-18(24,13(7)9)17(6)23/h1-4,6-7,13,15-16,19-20,22,24H,5H2. The molecule has 1 aromatic rings. The second-order valence-electron chi connectivity index (χ2n) is 7.08. The first-order valence-electron chi connectivity index (χ1n) is 8.23. The van der Waals surface area contributed by atoms with Crippen molar-refractivity contribution in [1.82, 2.24) is 0 Å². The first kappa shape index (κ1) is 15.8. The fourth-order valence-corrected chi connectivity index (χ4v) is 4.53. The van der Waals surface area contributed by atoms with Gasteiger partial charge in [-0.1, -0.05) is 6.08 Å².